The van der Waals surface area contributed by atoms with Crippen molar-refractivity contribution in [3.63, 3.8) is 0 Å². The van der Waals surface area contributed by atoms with Crippen LogP contribution < -0.4 is 5.32 Å². The first kappa shape index (κ1) is 16.9. The van der Waals surface area contributed by atoms with Gasteiger partial charge in [0.15, 0.2) is 11.6 Å². The van der Waals surface area contributed by atoms with Crippen LogP contribution in [0.15, 0.2) is 16.8 Å². The lowest BCUT2D eigenvalue weighted by Gasteiger charge is -2.51. The Morgan fingerprint density at radius 2 is 1.92 bits per heavy atom. The molecule has 0 spiro atoms. The quantitative estimate of drug-likeness (QED) is 0.640. The number of nitrogens with zero attached hydrogens (tertiary/aromatic N) is 3. The van der Waals surface area contributed by atoms with Crippen LogP contribution >= 0.6 is 22.6 Å². The van der Waals surface area contributed by atoms with Crippen molar-refractivity contribution in [1.29, 1.82) is 0 Å². The number of halogens is 2. The van der Waals surface area contributed by atoms with Crippen LogP contribution in [0.1, 0.15) is 69.0 Å². The van der Waals surface area contributed by atoms with Crippen LogP contribution in [0.4, 0.5) is 10.2 Å². The van der Waals surface area contributed by atoms with Gasteiger partial charge in [-0.25, -0.2) is 9.37 Å². The zero-order valence-corrected chi connectivity index (χ0v) is 16.8. The van der Waals surface area contributed by atoms with E-state index < -0.39 is 0 Å². The van der Waals surface area contributed by atoms with Gasteiger partial charge in [-0.2, -0.15) is 4.98 Å². The molecule has 7 heteroatoms. The Labute approximate surface area is 165 Å². The predicted molar refractivity (Wildman–Crippen MR) is 103 cm³/mol. The lowest BCUT2D eigenvalue weighted by Crippen LogP contribution is -2.47. The fraction of sp³-hybridized carbons (Fsp3) is 0.632. The minimum absolute atomic E-state index is 0.103. The molecule has 0 aliphatic heterocycles. The molecule has 0 radical (unpaired) electrons. The number of anilines is 1. The van der Waals surface area contributed by atoms with Gasteiger partial charge in [-0.1, -0.05) is 5.16 Å². The van der Waals surface area contributed by atoms with Crippen LogP contribution in [-0.4, -0.2) is 21.7 Å². The number of nitrogens with one attached hydrogen (secondary N) is 1. The second-order valence-electron chi connectivity index (χ2n) is 8.35. The van der Waals surface area contributed by atoms with Crippen molar-refractivity contribution < 1.29 is 8.91 Å². The van der Waals surface area contributed by atoms with Gasteiger partial charge < -0.3 is 9.84 Å². The van der Waals surface area contributed by atoms with E-state index in [0.717, 1.165) is 43.3 Å². The fourth-order valence-corrected chi connectivity index (χ4v) is 5.03. The normalized spacial score (nSPS) is 30.5. The van der Waals surface area contributed by atoms with Crippen LogP contribution in [0.5, 0.6) is 0 Å². The van der Waals surface area contributed by atoms with Gasteiger partial charge >= 0.3 is 0 Å². The Morgan fingerprint density at radius 1 is 1.19 bits per heavy atom. The largest absolute Gasteiger partial charge is 0.369 e. The molecule has 0 atom stereocenters. The van der Waals surface area contributed by atoms with Gasteiger partial charge in [0.1, 0.15) is 5.82 Å². The first-order chi connectivity index (χ1) is 12.6. The van der Waals surface area contributed by atoms with Gasteiger partial charge in [0.05, 0.1) is 9.77 Å². The minimum atomic E-state index is -0.264. The van der Waals surface area contributed by atoms with Crippen LogP contribution in [0.3, 0.4) is 0 Å². The lowest BCUT2D eigenvalue weighted by atomic mass is 9.53. The van der Waals surface area contributed by atoms with Gasteiger partial charge in [0, 0.05) is 17.9 Å². The van der Waals surface area contributed by atoms with E-state index in [0.29, 0.717) is 14.9 Å². The zero-order valence-electron chi connectivity index (χ0n) is 14.6. The molecule has 4 saturated carbocycles. The second-order valence-corrected chi connectivity index (χ2v) is 9.51. The third-order valence-electron chi connectivity index (χ3n) is 6.69. The van der Waals surface area contributed by atoms with Crippen molar-refractivity contribution in [1.82, 2.24) is 15.1 Å². The highest BCUT2D eigenvalue weighted by atomic mass is 127. The van der Waals surface area contributed by atoms with Gasteiger partial charge in [-0.05, 0) is 85.4 Å². The Balaban J connectivity index is 1.25. The molecular weight excluding hydrogens is 446 g/mol. The van der Waals surface area contributed by atoms with Crippen LogP contribution in [-0.2, 0) is 5.41 Å². The van der Waals surface area contributed by atoms with E-state index in [2.05, 4.69) is 15.5 Å². The topological polar surface area (TPSA) is 63.8 Å². The Hall–Kier alpha value is -1.25. The number of pyridine rings is 1. The number of aromatic nitrogens is 3. The van der Waals surface area contributed by atoms with Crippen LogP contribution in [0, 0.1) is 14.8 Å². The average molecular weight is 468 g/mol. The fourth-order valence-electron chi connectivity index (χ4n) is 4.60. The molecule has 0 aromatic carbocycles. The van der Waals surface area contributed by atoms with E-state index in [-0.39, 0.29) is 11.2 Å². The van der Waals surface area contributed by atoms with Crippen LogP contribution in [0.25, 0.3) is 0 Å². The van der Waals surface area contributed by atoms with E-state index in [1.807, 2.05) is 22.6 Å². The summed E-state index contributed by atoms with van der Waals surface area (Å²) in [5.41, 5.74) is 0.411. The highest BCUT2D eigenvalue weighted by Gasteiger charge is 2.52. The molecule has 4 fully saturated rings. The molecule has 6 rings (SSSR count). The van der Waals surface area contributed by atoms with Crippen molar-refractivity contribution in [2.24, 2.45) is 5.41 Å². The minimum Gasteiger partial charge on any atom is -0.369 e. The van der Waals surface area contributed by atoms with Crippen molar-refractivity contribution in [3.05, 3.63) is 33.4 Å². The summed E-state index contributed by atoms with van der Waals surface area (Å²) >= 11 is 2.01. The third-order valence-corrected chi connectivity index (χ3v) is 7.52. The van der Waals surface area contributed by atoms with Gasteiger partial charge in [0.2, 0.25) is 5.89 Å². The Morgan fingerprint density at radius 3 is 2.58 bits per heavy atom. The molecule has 2 bridgehead atoms. The van der Waals surface area contributed by atoms with E-state index in [1.165, 1.54) is 38.3 Å². The van der Waals surface area contributed by atoms with E-state index >= 15 is 0 Å². The molecule has 5 nitrogen and oxygen atoms in total. The van der Waals surface area contributed by atoms with E-state index in [1.54, 1.807) is 6.07 Å². The molecule has 26 heavy (non-hydrogen) atoms. The summed E-state index contributed by atoms with van der Waals surface area (Å²) in [7, 11) is 0. The van der Waals surface area contributed by atoms with Crippen molar-refractivity contribution in [2.75, 3.05) is 11.9 Å². The third kappa shape index (κ3) is 2.92. The highest BCUT2D eigenvalue weighted by molar-refractivity contribution is 14.1. The highest BCUT2D eigenvalue weighted by Crippen LogP contribution is 2.57. The van der Waals surface area contributed by atoms with Gasteiger partial charge in [0.25, 0.3) is 0 Å². The lowest BCUT2D eigenvalue weighted by molar-refractivity contribution is 0.0321. The molecular formula is C19H22FIN4O. The summed E-state index contributed by atoms with van der Waals surface area (Å²) in [4.78, 5) is 8.92. The van der Waals surface area contributed by atoms with Gasteiger partial charge in [-0.3, -0.25) is 0 Å². The molecule has 4 aliphatic carbocycles. The predicted octanol–water partition coefficient (Wildman–Crippen LogP) is 4.79. The zero-order chi connectivity index (χ0) is 17.8. The van der Waals surface area contributed by atoms with Crippen molar-refractivity contribution in [2.45, 2.75) is 62.7 Å². The number of rotatable bonds is 5. The maximum Gasteiger partial charge on any atom is 0.232 e. The number of hydrogen-bond acceptors (Lipinski definition) is 5. The standard InChI is InChI=1S/C19H22FIN4O/c20-13-10-22-15(9-14(13)21)23-11-18-3-6-19(7-4-18,8-5-18)17-24-16(25-26-17)12-1-2-12/h9-10,12H,1-8,11H2,(H,22,23). The van der Waals surface area contributed by atoms with E-state index in [9.17, 15) is 4.39 Å². The van der Waals surface area contributed by atoms with Crippen LogP contribution in [0.2, 0.25) is 0 Å². The summed E-state index contributed by atoms with van der Waals surface area (Å²) in [6, 6.07) is 1.78. The first-order valence-electron chi connectivity index (χ1n) is 9.47. The molecule has 138 valence electrons. The molecule has 0 unspecified atom stereocenters. The number of hydrogen-bond donors (Lipinski definition) is 1. The smallest absolute Gasteiger partial charge is 0.232 e. The SMILES string of the molecule is Fc1cnc(NCC23CCC(c4nc(C5CC5)no4)(CC2)CC3)cc1I. The van der Waals surface area contributed by atoms with Crippen molar-refractivity contribution in [3.8, 4) is 0 Å². The molecule has 0 saturated heterocycles. The Bertz CT molecular complexity index is 810. The molecule has 1 N–H and O–H groups in total. The second kappa shape index (κ2) is 6.14. The average Bonchev–Trinajstić information content (AvgIpc) is 3.40. The molecule has 2 aromatic rings. The maximum atomic E-state index is 13.4. The van der Waals surface area contributed by atoms with Crippen molar-refractivity contribution >= 4 is 28.4 Å². The molecule has 4 aliphatic rings. The summed E-state index contributed by atoms with van der Waals surface area (Å²) in [5.74, 6) is 2.86. The molecule has 2 heterocycles. The maximum absolute atomic E-state index is 13.4. The summed E-state index contributed by atoms with van der Waals surface area (Å²) < 4.78 is 19.7. The number of fused-ring (bicyclic) bond motifs is 3. The van der Waals surface area contributed by atoms with E-state index in [4.69, 9.17) is 9.51 Å². The molecule has 2 aromatic heterocycles. The Kier molecular flexibility index (Phi) is 3.99. The molecule has 0 amide bonds. The summed E-state index contributed by atoms with van der Waals surface area (Å²) in [5, 5.41) is 7.68. The van der Waals surface area contributed by atoms with Gasteiger partial charge in [-0.15, -0.1) is 0 Å². The summed E-state index contributed by atoms with van der Waals surface area (Å²) in [6.07, 6.45) is 10.6. The first-order valence-corrected chi connectivity index (χ1v) is 10.5. The monoisotopic (exact) mass is 468 g/mol. The summed E-state index contributed by atoms with van der Waals surface area (Å²) in [6.45, 7) is 0.898.